The molecule has 0 aromatic heterocycles. The highest BCUT2D eigenvalue weighted by Crippen LogP contribution is 2.24. The van der Waals surface area contributed by atoms with Gasteiger partial charge in [-0.1, -0.05) is 30.4 Å². The third-order valence-corrected chi connectivity index (χ3v) is 4.39. The lowest BCUT2D eigenvalue weighted by Crippen LogP contribution is -2.38. The highest BCUT2D eigenvalue weighted by molar-refractivity contribution is 5.78. The molecule has 1 atom stereocenters. The van der Waals surface area contributed by atoms with Crippen LogP contribution in [0, 0.1) is 0 Å². The minimum Gasteiger partial charge on any atom is -0.348 e. The lowest BCUT2D eigenvalue weighted by atomic mass is 9.89. The summed E-state index contributed by atoms with van der Waals surface area (Å²) in [6.07, 6.45) is 8.54. The molecule has 1 aromatic carbocycles. The zero-order chi connectivity index (χ0) is 16.7. The fourth-order valence-corrected chi connectivity index (χ4v) is 3.17. The summed E-state index contributed by atoms with van der Waals surface area (Å²) >= 11 is 0. The van der Waals surface area contributed by atoms with Gasteiger partial charge in [0.05, 0.1) is 12.6 Å². The zero-order valence-electron chi connectivity index (χ0n) is 14.2. The lowest BCUT2D eigenvalue weighted by molar-refractivity contribution is -0.122. The molecule has 0 heterocycles. The van der Waals surface area contributed by atoms with Gasteiger partial charge in [0.1, 0.15) is 0 Å². The van der Waals surface area contributed by atoms with Crippen molar-refractivity contribution in [3.8, 4) is 0 Å². The molecule has 1 amide bonds. The van der Waals surface area contributed by atoms with Gasteiger partial charge in [-0.25, -0.2) is 0 Å². The second kappa shape index (κ2) is 8.68. The van der Waals surface area contributed by atoms with Crippen LogP contribution in [0.2, 0.25) is 0 Å². The number of benzene rings is 1. The Balaban J connectivity index is 1.95. The van der Waals surface area contributed by atoms with Gasteiger partial charge >= 0.3 is 0 Å². The SMILES string of the molecule is C=CCN(CC=C)CC(=O)NC(C)c1ccc2c(c1)CCCC2. The van der Waals surface area contributed by atoms with E-state index in [1.807, 2.05) is 24.0 Å². The molecule has 0 saturated carbocycles. The molecule has 0 radical (unpaired) electrons. The Hall–Kier alpha value is -1.87. The second-order valence-electron chi connectivity index (χ2n) is 6.30. The van der Waals surface area contributed by atoms with Gasteiger partial charge in [-0.15, -0.1) is 13.2 Å². The maximum Gasteiger partial charge on any atom is 0.234 e. The Morgan fingerprint density at radius 2 is 1.87 bits per heavy atom. The first kappa shape index (κ1) is 17.5. The average Bonchev–Trinajstić information content (AvgIpc) is 2.54. The van der Waals surface area contributed by atoms with Gasteiger partial charge in [-0.2, -0.15) is 0 Å². The fraction of sp³-hybridized carbons (Fsp3) is 0.450. The number of aryl methyl sites for hydroxylation is 2. The molecule has 1 aliphatic carbocycles. The molecule has 0 aliphatic heterocycles. The molecule has 3 nitrogen and oxygen atoms in total. The van der Waals surface area contributed by atoms with E-state index in [1.54, 1.807) is 0 Å². The summed E-state index contributed by atoms with van der Waals surface area (Å²) in [5, 5.41) is 3.10. The second-order valence-corrected chi connectivity index (χ2v) is 6.30. The molecule has 0 saturated heterocycles. The van der Waals surface area contributed by atoms with E-state index in [0.717, 1.165) is 6.42 Å². The number of hydrogen-bond donors (Lipinski definition) is 1. The van der Waals surface area contributed by atoms with E-state index >= 15 is 0 Å². The smallest absolute Gasteiger partial charge is 0.234 e. The maximum atomic E-state index is 12.3. The van der Waals surface area contributed by atoms with Gasteiger partial charge in [0.2, 0.25) is 5.91 Å². The van der Waals surface area contributed by atoms with Gasteiger partial charge in [-0.3, -0.25) is 9.69 Å². The molecule has 1 aliphatic rings. The number of carbonyl (C=O) groups is 1. The minimum absolute atomic E-state index is 0.0315. The highest BCUT2D eigenvalue weighted by Gasteiger charge is 2.15. The summed E-state index contributed by atoms with van der Waals surface area (Å²) in [6.45, 7) is 11.3. The zero-order valence-corrected chi connectivity index (χ0v) is 14.2. The van der Waals surface area contributed by atoms with E-state index in [-0.39, 0.29) is 11.9 Å². The van der Waals surface area contributed by atoms with Crippen molar-refractivity contribution in [3.05, 3.63) is 60.2 Å². The Morgan fingerprint density at radius 3 is 2.52 bits per heavy atom. The Morgan fingerprint density at radius 1 is 1.22 bits per heavy atom. The van der Waals surface area contributed by atoms with Crippen molar-refractivity contribution >= 4 is 5.91 Å². The number of nitrogens with zero attached hydrogens (tertiary/aromatic N) is 1. The van der Waals surface area contributed by atoms with Gasteiger partial charge in [0, 0.05) is 13.1 Å². The number of nitrogens with one attached hydrogen (secondary N) is 1. The number of fused-ring (bicyclic) bond motifs is 1. The Kier molecular flexibility index (Phi) is 6.60. The molecule has 1 aromatic rings. The highest BCUT2D eigenvalue weighted by atomic mass is 16.2. The molecule has 0 spiro atoms. The predicted molar refractivity (Wildman–Crippen MR) is 96.5 cm³/mol. The normalized spacial score (nSPS) is 14.9. The average molecular weight is 312 g/mol. The van der Waals surface area contributed by atoms with Gasteiger partial charge in [0.15, 0.2) is 0 Å². The van der Waals surface area contributed by atoms with Crippen molar-refractivity contribution in [2.45, 2.75) is 38.6 Å². The van der Waals surface area contributed by atoms with Gasteiger partial charge in [-0.05, 0) is 49.3 Å². The summed E-state index contributed by atoms with van der Waals surface area (Å²) in [4.78, 5) is 14.3. The van der Waals surface area contributed by atoms with Crippen molar-refractivity contribution in [2.75, 3.05) is 19.6 Å². The van der Waals surface area contributed by atoms with E-state index in [9.17, 15) is 4.79 Å². The third-order valence-electron chi connectivity index (χ3n) is 4.39. The molecule has 124 valence electrons. The summed E-state index contributed by atoms with van der Waals surface area (Å²) in [5.74, 6) is 0.0407. The van der Waals surface area contributed by atoms with Gasteiger partial charge in [0.25, 0.3) is 0 Å². The maximum absolute atomic E-state index is 12.3. The van der Waals surface area contributed by atoms with E-state index in [1.165, 1.54) is 36.0 Å². The van der Waals surface area contributed by atoms with Crippen molar-refractivity contribution in [1.29, 1.82) is 0 Å². The lowest BCUT2D eigenvalue weighted by Gasteiger charge is -2.22. The summed E-state index contributed by atoms with van der Waals surface area (Å²) in [7, 11) is 0. The van der Waals surface area contributed by atoms with Gasteiger partial charge < -0.3 is 5.32 Å². The molecule has 2 rings (SSSR count). The van der Waals surface area contributed by atoms with E-state index in [4.69, 9.17) is 0 Å². The molecular weight excluding hydrogens is 284 g/mol. The van der Waals surface area contributed by atoms with Crippen molar-refractivity contribution in [2.24, 2.45) is 0 Å². The molecule has 23 heavy (non-hydrogen) atoms. The number of rotatable bonds is 8. The fourth-order valence-electron chi connectivity index (χ4n) is 3.17. The van der Waals surface area contributed by atoms with Crippen LogP contribution in [0.1, 0.15) is 42.5 Å². The molecule has 0 fully saturated rings. The Labute approximate surface area is 140 Å². The van der Waals surface area contributed by atoms with Crippen LogP contribution in [0.25, 0.3) is 0 Å². The van der Waals surface area contributed by atoms with Crippen LogP contribution < -0.4 is 5.32 Å². The summed E-state index contributed by atoms with van der Waals surface area (Å²) in [6, 6.07) is 6.68. The third kappa shape index (κ3) is 5.07. The van der Waals surface area contributed by atoms with E-state index < -0.39 is 0 Å². The van der Waals surface area contributed by atoms with Crippen LogP contribution >= 0.6 is 0 Å². The largest absolute Gasteiger partial charge is 0.348 e. The quantitative estimate of drug-likeness (QED) is 0.746. The molecular formula is C20H28N2O. The first-order chi connectivity index (χ1) is 11.1. The molecule has 3 heteroatoms. The van der Waals surface area contributed by atoms with Crippen LogP contribution in [-0.4, -0.2) is 30.4 Å². The van der Waals surface area contributed by atoms with Crippen LogP contribution in [0.15, 0.2) is 43.5 Å². The minimum atomic E-state index is 0.0315. The van der Waals surface area contributed by atoms with E-state index in [2.05, 4.69) is 36.7 Å². The first-order valence-electron chi connectivity index (χ1n) is 8.49. The standard InChI is InChI=1S/C20H28N2O/c1-4-12-22(13-5-2)15-20(23)21-16(3)18-11-10-17-8-6-7-9-19(17)14-18/h4-5,10-11,14,16H,1-2,6-9,12-13,15H2,3H3,(H,21,23). The first-order valence-corrected chi connectivity index (χ1v) is 8.49. The topological polar surface area (TPSA) is 32.3 Å². The van der Waals surface area contributed by atoms with E-state index in [0.29, 0.717) is 19.6 Å². The monoisotopic (exact) mass is 312 g/mol. The summed E-state index contributed by atoms with van der Waals surface area (Å²) < 4.78 is 0. The summed E-state index contributed by atoms with van der Waals surface area (Å²) in [5.41, 5.74) is 4.12. The number of carbonyl (C=O) groups excluding carboxylic acids is 1. The number of hydrogen-bond acceptors (Lipinski definition) is 2. The molecule has 0 bridgehead atoms. The van der Waals surface area contributed by atoms with Crippen LogP contribution in [0.4, 0.5) is 0 Å². The van der Waals surface area contributed by atoms with Crippen molar-refractivity contribution in [1.82, 2.24) is 10.2 Å². The molecule has 1 unspecified atom stereocenters. The van der Waals surface area contributed by atoms with Crippen LogP contribution in [0.5, 0.6) is 0 Å². The van der Waals surface area contributed by atoms with Crippen molar-refractivity contribution < 1.29 is 4.79 Å². The van der Waals surface area contributed by atoms with Crippen LogP contribution in [0.3, 0.4) is 0 Å². The number of amides is 1. The molecule has 1 N–H and O–H groups in total. The van der Waals surface area contributed by atoms with Crippen molar-refractivity contribution in [3.63, 3.8) is 0 Å². The van der Waals surface area contributed by atoms with Crippen LogP contribution in [-0.2, 0) is 17.6 Å². The predicted octanol–water partition coefficient (Wildman–Crippen LogP) is 3.42. The Bertz CT molecular complexity index is 555.